The molecule has 1 heterocycles. The second-order valence-corrected chi connectivity index (χ2v) is 5.89. The number of hydrogen-bond donors (Lipinski definition) is 1. The summed E-state index contributed by atoms with van der Waals surface area (Å²) in [5.74, 6) is 0.413. The standard InChI is InChI=1S/C15H28N2O3/c1-6-15(7-2)14(19)16-12(5)13(18)17(15)8-9-20-10-11(3)4/h11-12H,6-10H2,1-5H3,(H,16,19). The van der Waals surface area contributed by atoms with Crippen LogP contribution in [0.3, 0.4) is 0 Å². The first-order chi connectivity index (χ1) is 9.39. The highest BCUT2D eigenvalue weighted by Gasteiger charge is 2.48. The van der Waals surface area contributed by atoms with Gasteiger partial charge in [-0.05, 0) is 25.7 Å². The van der Waals surface area contributed by atoms with Crippen molar-refractivity contribution < 1.29 is 14.3 Å². The number of hydrogen-bond acceptors (Lipinski definition) is 3. The van der Waals surface area contributed by atoms with E-state index in [0.717, 1.165) is 0 Å². The number of amides is 2. The Morgan fingerprint density at radius 2 is 1.90 bits per heavy atom. The minimum Gasteiger partial charge on any atom is -0.379 e. The van der Waals surface area contributed by atoms with E-state index in [0.29, 0.717) is 38.5 Å². The average Bonchev–Trinajstić information content (AvgIpc) is 2.40. The van der Waals surface area contributed by atoms with Crippen molar-refractivity contribution >= 4 is 11.8 Å². The first kappa shape index (κ1) is 17.0. The summed E-state index contributed by atoms with van der Waals surface area (Å²) in [6.07, 6.45) is 1.25. The molecule has 1 saturated heterocycles. The molecule has 0 spiro atoms. The van der Waals surface area contributed by atoms with Gasteiger partial charge in [0.15, 0.2) is 0 Å². The van der Waals surface area contributed by atoms with E-state index in [1.807, 2.05) is 13.8 Å². The summed E-state index contributed by atoms with van der Waals surface area (Å²) in [5, 5.41) is 2.79. The largest absolute Gasteiger partial charge is 0.379 e. The molecule has 0 aromatic heterocycles. The van der Waals surface area contributed by atoms with Crippen LogP contribution in [0.15, 0.2) is 0 Å². The van der Waals surface area contributed by atoms with Crippen molar-refractivity contribution in [3.8, 4) is 0 Å². The lowest BCUT2D eigenvalue weighted by atomic mass is 9.86. The number of nitrogens with one attached hydrogen (secondary N) is 1. The summed E-state index contributed by atoms with van der Waals surface area (Å²) in [5.41, 5.74) is -0.717. The third-order valence-corrected chi connectivity index (χ3v) is 4.00. The van der Waals surface area contributed by atoms with Gasteiger partial charge in [0, 0.05) is 13.2 Å². The Morgan fingerprint density at radius 3 is 2.40 bits per heavy atom. The van der Waals surface area contributed by atoms with Crippen LogP contribution in [0.5, 0.6) is 0 Å². The Labute approximate surface area is 122 Å². The van der Waals surface area contributed by atoms with Gasteiger partial charge in [-0.2, -0.15) is 0 Å². The molecule has 1 N–H and O–H groups in total. The molecule has 1 rings (SSSR count). The van der Waals surface area contributed by atoms with E-state index in [1.165, 1.54) is 0 Å². The van der Waals surface area contributed by atoms with E-state index < -0.39 is 11.6 Å². The van der Waals surface area contributed by atoms with E-state index in [2.05, 4.69) is 19.2 Å². The molecule has 5 nitrogen and oxygen atoms in total. The fourth-order valence-electron chi connectivity index (χ4n) is 2.71. The van der Waals surface area contributed by atoms with Crippen LogP contribution in [-0.4, -0.2) is 48.1 Å². The summed E-state index contributed by atoms with van der Waals surface area (Å²) in [7, 11) is 0. The molecule has 20 heavy (non-hydrogen) atoms. The number of nitrogens with zero attached hydrogens (tertiary/aromatic N) is 1. The quantitative estimate of drug-likeness (QED) is 0.722. The monoisotopic (exact) mass is 284 g/mol. The number of rotatable bonds is 7. The zero-order valence-electron chi connectivity index (χ0n) is 13.4. The summed E-state index contributed by atoms with van der Waals surface area (Å²) < 4.78 is 5.57. The van der Waals surface area contributed by atoms with E-state index >= 15 is 0 Å². The third-order valence-electron chi connectivity index (χ3n) is 4.00. The highest BCUT2D eigenvalue weighted by Crippen LogP contribution is 2.28. The molecule has 1 fully saturated rings. The lowest BCUT2D eigenvalue weighted by Gasteiger charge is -2.47. The molecule has 0 saturated carbocycles. The van der Waals surface area contributed by atoms with Gasteiger partial charge in [-0.25, -0.2) is 0 Å². The molecule has 1 unspecified atom stereocenters. The van der Waals surface area contributed by atoms with Crippen molar-refractivity contribution in [3.05, 3.63) is 0 Å². The first-order valence-electron chi connectivity index (χ1n) is 7.59. The Bertz CT molecular complexity index is 351. The third kappa shape index (κ3) is 3.32. The maximum atomic E-state index is 12.4. The van der Waals surface area contributed by atoms with Crippen LogP contribution in [0.4, 0.5) is 0 Å². The average molecular weight is 284 g/mol. The fraction of sp³-hybridized carbons (Fsp3) is 0.867. The predicted octanol–water partition coefficient (Wildman–Crippen LogP) is 1.56. The van der Waals surface area contributed by atoms with Crippen LogP contribution in [-0.2, 0) is 14.3 Å². The second kappa shape index (κ2) is 7.07. The van der Waals surface area contributed by atoms with Crippen molar-refractivity contribution in [1.82, 2.24) is 10.2 Å². The van der Waals surface area contributed by atoms with Crippen molar-refractivity contribution in [1.29, 1.82) is 0 Å². The van der Waals surface area contributed by atoms with Crippen LogP contribution in [0, 0.1) is 5.92 Å². The lowest BCUT2D eigenvalue weighted by molar-refractivity contribution is -0.158. The van der Waals surface area contributed by atoms with Gasteiger partial charge < -0.3 is 15.0 Å². The zero-order chi connectivity index (χ0) is 15.3. The number of carbonyl (C=O) groups is 2. The van der Waals surface area contributed by atoms with Gasteiger partial charge >= 0.3 is 0 Å². The van der Waals surface area contributed by atoms with Crippen LogP contribution >= 0.6 is 0 Å². The van der Waals surface area contributed by atoms with Gasteiger partial charge in [0.05, 0.1) is 6.61 Å². The predicted molar refractivity (Wildman–Crippen MR) is 78.3 cm³/mol. The maximum Gasteiger partial charge on any atom is 0.246 e. The van der Waals surface area contributed by atoms with Crippen molar-refractivity contribution in [2.45, 2.75) is 59.0 Å². The molecule has 0 radical (unpaired) electrons. The smallest absolute Gasteiger partial charge is 0.246 e. The normalized spacial score (nSPS) is 22.3. The molecule has 2 amide bonds. The molecule has 0 aromatic rings. The molecular formula is C15H28N2O3. The molecular weight excluding hydrogens is 256 g/mol. The van der Waals surface area contributed by atoms with E-state index in [1.54, 1.807) is 11.8 Å². The van der Waals surface area contributed by atoms with Crippen molar-refractivity contribution in [2.75, 3.05) is 19.8 Å². The molecule has 1 aliphatic heterocycles. The number of carbonyl (C=O) groups excluding carboxylic acids is 2. The minimum atomic E-state index is -0.717. The molecule has 0 aromatic carbocycles. The Hall–Kier alpha value is -1.10. The second-order valence-electron chi connectivity index (χ2n) is 5.89. The van der Waals surface area contributed by atoms with E-state index in [9.17, 15) is 9.59 Å². The fourth-order valence-corrected chi connectivity index (χ4v) is 2.71. The first-order valence-corrected chi connectivity index (χ1v) is 7.59. The van der Waals surface area contributed by atoms with E-state index in [-0.39, 0.29) is 11.8 Å². The summed E-state index contributed by atoms with van der Waals surface area (Å²) in [6, 6.07) is -0.446. The molecule has 0 bridgehead atoms. The van der Waals surface area contributed by atoms with Gasteiger partial charge in [0.2, 0.25) is 11.8 Å². The van der Waals surface area contributed by atoms with Gasteiger partial charge in [-0.15, -0.1) is 0 Å². The van der Waals surface area contributed by atoms with Gasteiger partial charge in [-0.3, -0.25) is 9.59 Å². The van der Waals surface area contributed by atoms with E-state index in [4.69, 9.17) is 4.74 Å². The molecule has 5 heteroatoms. The van der Waals surface area contributed by atoms with Crippen molar-refractivity contribution in [2.24, 2.45) is 5.92 Å². The van der Waals surface area contributed by atoms with Crippen LogP contribution in [0.2, 0.25) is 0 Å². The Morgan fingerprint density at radius 1 is 1.30 bits per heavy atom. The molecule has 0 aliphatic carbocycles. The van der Waals surface area contributed by atoms with Crippen molar-refractivity contribution in [3.63, 3.8) is 0 Å². The SMILES string of the molecule is CCC1(CC)C(=O)NC(C)C(=O)N1CCOCC(C)C. The molecule has 116 valence electrons. The number of ether oxygens (including phenoxy) is 1. The highest BCUT2D eigenvalue weighted by atomic mass is 16.5. The zero-order valence-corrected chi connectivity index (χ0v) is 13.4. The van der Waals surface area contributed by atoms with Gasteiger partial charge in [-0.1, -0.05) is 27.7 Å². The van der Waals surface area contributed by atoms with Gasteiger partial charge in [0.1, 0.15) is 11.6 Å². The van der Waals surface area contributed by atoms with Crippen LogP contribution in [0.25, 0.3) is 0 Å². The topological polar surface area (TPSA) is 58.6 Å². The highest BCUT2D eigenvalue weighted by molar-refractivity contribution is 5.99. The lowest BCUT2D eigenvalue weighted by Crippen LogP contribution is -2.70. The maximum absolute atomic E-state index is 12.4. The molecule has 1 atom stereocenters. The Kier molecular flexibility index (Phi) is 5.99. The summed E-state index contributed by atoms with van der Waals surface area (Å²) in [4.78, 5) is 26.4. The minimum absolute atomic E-state index is 0.0125. The van der Waals surface area contributed by atoms with Crippen LogP contribution < -0.4 is 5.32 Å². The van der Waals surface area contributed by atoms with Gasteiger partial charge in [0.25, 0.3) is 0 Å². The summed E-state index contributed by atoms with van der Waals surface area (Å²) >= 11 is 0. The molecule has 1 aliphatic rings. The number of piperazine rings is 1. The Balaban J connectivity index is 2.79. The van der Waals surface area contributed by atoms with Crippen LogP contribution in [0.1, 0.15) is 47.5 Å². The summed E-state index contributed by atoms with van der Waals surface area (Å²) in [6.45, 7) is 11.4.